The van der Waals surface area contributed by atoms with Crippen molar-refractivity contribution in [2.45, 2.75) is 52.0 Å². The first-order valence-corrected chi connectivity index (χ1v) is 8.88. The number of nitrogens with one attached hydrogen (secondary N) is 1. The number of carbonyl (C=O) groups is 1. The SMILES string of the molecule is CC[C@](C)(CCNC(=O)c1ccn(C(C)C)n1)c1ccccc1OC. The van der Waals surface area contributed by atoms with Crippen LogP contribution in [0, 0.1) is 0 Å². The summed E-state index contributed by atoms with van der Waals surface area (Å²) in [6.45, 7) is 9.04. The van der Waals surface area contributed by atoms with Crippen LogP contribution in [0.2, 0.25) is 0 Å². The fraction of sp³-hybridized carbons (Fsp3) is 0.500. The number of para-hydroxylation sites is 1. The molecule has 0 bridgehead atoms. The van der Waals surface area contributed by atoms with E-state index in [1.807, 2.05) is 38.2 Å². The minimum Gasteiger partial charge on any atom is -0.496 e. The van der Waals surface area contributed by atoms with Gasteiger partial charge in [-0.05, 0) is 44.2 Å². The molecule has 2 rings (SSSR count). The van der Waals surface area contributed by atoms with E-state index in [1.165, 1.54) is 5.56 Å². The van der Waals surface area contributed by atoms with E-state index < -0.39 is 0 Å². The van der Waals surface area contributed by atoms with Crippen molar-refractivity contribution < 1.29 is 9.53 Å². The number of benzene rings is 1. The lowest BCUT2D eigenvalue weighted by molar-refractivity contribution is 0.0944. The normalized spacial score (nSPS) is 13.5. The quantitative estimate of drug-likeness (QED) is 0.789. The van der Waals surface area contributed by atoms with Gasteiger partial charge in [0.2, 0.25) is 0 Å². The van der Waals surface area contributed by atoms with E-state index >= 15 is 0 Å². The van der Waals surface area contributed by atoms with Crippen molar-refractivity contribution in [2.75, 3.05) is 13.7 Å². The van der Waals surface area contributed by atoms with Crippen LogP contribution in [0.15, 0.2) is 36.5 Å². The summed E-state index contributed by atoms with van der Waals surface area (Å²) in [6, 6.07) is 10.1. The van der Waals surface area contributed by atoms with Crippen molar-refractivity contribution in [3.8, 4) is 5.75 Å². The van der Waals surface area contributed by atoms with Crippen LogP contribution < -0.4 is 10.1 Å². The Labute approximate surface area is 150 Å². The molecule has 1 amide bonds. The lowest BCUT2D eigenvalue weighted by Crippen LogP contribution is -2.31. The van der Waals surface area contributed by atoms with Gasteiger partial charge in [-0.3, -0.25) is 9.48 Å². The number of nitrogens with zero attached hydrogens (tertiary/aromatic N) is 2. The molecule has 0 fully saturated rings. The van der Waals surface area contributed by atoms with Crippen molar-refractivity contribution in [2.24, 2.45) is 0 Å². The van der Waals surface area contributed by atoms with Crippen LogP contribution in [-0.2, 0) is 5.41 Å². The number of hydrogen-bond donors (Lipinski definition) is 1. The van der Waals surface area contributed by atoms with E-state index in [0.717, 1.165) is 18.6 Å². The Balaban J connectivity index is 2.01. The Hall–Kier alpha value is -2.30. The zero-order valence-electron chi connectivity index (χ0n) is 15.9. The van der Waals surface area contributed by atoms with E-state index in [4.69, 9.17) is 4.74 Å². The Morgan fingerprint density at radius 2 is 2.04 bits per heavy atom. The van der Waals surface area contributed by atoms with Crippen LogP contribution >= 0.6 is 0 Å². The van der Waals surface area contributed by atoms with Crippen LogP contribution in [0.25, 0.3) is 0 Å². The van der Waals surface area contributed by atoms with Gasteiger partial charge in [-0.15, -0.1) is 0 Å². The lowest BCUT2D eigenvalue weighted by atomic mass is 9.77. The molecular weight excluding hydrogens is 314 g/mol. The number of aromatic nitrogens is 2. The number of ether oxygens (including phenoxy) is 1. The van der Waals surface area contributed by atoms with E-state index in [1.54, 1.807) is 17.9 Å². The summed E-state index contributed by atoms with van der Waals surface area (Å²) < 4.78 is 7.31. The maximum absolute atomic E-state index is 12.3. The highest BCUT2D eigenvalue weighted by molar-refractivity contribution is 5.92. The molecule has 0 aliphatic heterocycles. The summed E-state index contributed by atoms with van der Waals surface area (Å²) in [6.07, 6.45) is 3.64. The minimum absolute atomic E-state index is 0.0584. The third kappa shape index (κ3) is 4.41. The fourth-order valence-corrected chi connectivity index (χ4v) is 2.93. The fourth-order valence-electron chi connectivity index (χ4n) is 2.93. The highest BCUT2D eigenvalue weighted by Gasteiger charge is 2.27. The maximum atomic E-state index is 12.3. The predicted octanol–water partition coefficient (Wildman–Crippen LogP) is 3.96. The van der Waals surface area contributed by atoms with Gasteiger partial charge in [-0.1, -0.05) is 32.0 Å². The molecule has 2 aromatic rings. The summed E-state index contributed by atoms with van der Waals surface area (Å²) in [4.78, 5) is 12.3. The van der Waals surface area contributed by atoms with Crippen LogP contribution in [0.4, 0.5) is 0 Å². The molecule has 0 saturated heterocycles. The molecule has 1 aromatic carbocycles. The van der Waals surface area contributed by atoms with Crippen molar-refractivity contribution in [1.29, 1.82) is 0 Å². The second kappa shape index (κ2) is 8.19. The largest absolute Gasteiger partial charge is 0.496 e. The molecule has 5 heteroatoms. The first kappa shape index (κ1) is 19.0. The van der Waals surface area contributed by atoms with Crippen LogP contribution in [0.1, 0.15) is 62.6 Å². The lowest BCUT2D eigenvalue weighted by Gasteiger charge is -2.30. The van der Waals surface area contributed by atoms with Crippen LogP contribution in [0.5, 0.6) is 5.75 Å². The predicted molar refractivity (Wildman–Crippen MR) is 100 cm³/mol. The monoisotopic (exact) mass is 343 g/mol. The van der Waals surface area contributed by atoms with Crippen molar-refractivity contribution >= 4 is 5.91 Å². The summed E-state index contributed by atoms with van der Waals surface area (Å²) in [5.74, 6) is 0.770. The number of carbonyl (C=O) groups excluding carboxylic acids is 1. The van der Waals surface area contributed by atoms with Gasteiger partial charge >= 0.3 is 0 Å². The molecule has 0 aliphatic rings. The maximum Gasteiger partial charge on any atom is 0.271 e. The molecule has 1 atom stereocenters. The first-order valence-electron chi connectivity index (χ1n) is 8.88. The molecule has 0 aliphatic carbocycles. The summed E-state index contributed by atoms with van der Waals surface area (Å²) in [5.41, 5.74) is 1.58. The minimum atomic E-state index is -0.127. The summed E-state index contributed by atoms with van der Waals surface area (Å²) in [7, 11) is 1.70. The molecular formula is C20H29N3O2. The molecule has 1 heterocycles. The van der Waals surface area contributed by atoms with Crippen molar-refractivity contribution in [3.05, 3.63) is 47.8 Å². The topological polar surface area (TPSA) is 56.2 Å². The summed E-state index contributed by atoms with van der Waals surface area (Å²) in [5, 5.41) is 7.31. The third-order valence-electron chi connectivity index (χ3n) is 4.87. The van der Waals surface area contributed by atoms with Crippen LogP contribution in [-0.4, -0.2) is 29.3 Å². The average Bonchev–Trinajstić information content (AvgIpc) is 3.12. The third-order valence-corrected chi connectivity index (χ3v) is 4.87. The zero-order valence-corrected chi connectivity index (χ0v) is 15.9. The van der Waals surface area contributed by atoms with E-state index in [2.05, 4.69) is 30.3 Å². The average molecular weight is 343 g/mol. The number of rotatable bonds is 8. The second-order valence-electron chi connectivity index (χ2n) is 6.90. The van der Waals surface area contributed by atoms with Gasteiger partial charge in [-0.2, -0.15) is 5.10 Å². The first-order chi connectivity index (χ1) is 11.9. The van der Waals surface area contributed by atoms with E-state index in [9.17, 15) is 4.79 Å². The molecule has 25 heavy (non-hydrogen) atoms. The number of hydrogen-bond acceptors (Lipinski definition) is 3. The standard InChI is InChI=1S/C20H29N3O2/c1-6-20(4,16-9-7-8-10-18(16)25-5)12-13-21-19(24)17-11-14-23(22-17)15(2)3/h7-11,14-15H,6,12-13H2,1-5H3,(H,21,24)/t20-/m1/s1. The number of methoxy groups -OCH3 is 1. The molecule has 1 aromatic heterocycles. The van der Waals surface area contributed by atoms with Gasteiger partial charge in [0.1, 0.15) is 11.4 Å². The Bertz CT molecular complexity index is 708. The van der Waals surface area contributed by atoms with Gasteiger partial charge in [0.15, 0.2) is 0 Å². The van der Waals surface area contributed by atoms with Gasteiger partial charge in [-0.25, -0.2) is 0 Å². The van der Waals surface area contributed by atoms with E-state index in [0.29, 0.717) is 12.2 Å². The second-order valence-corrected chi connectivity index (χ2v) is 6.90. The molecule has 0 spiro atoms. The zero-order chi connectivity index (χ0) is 18.4. The van der Waals surface area contributed by atoms with Crippen molar-refractivity contribution in [3.63, 3.8) is 0 Å². The van der Waals surface area contributed by atoms with Gasteiger partial charge < -0.3 is 10.1 Å². The molecule has 1 N–H and O–H groups in total. The molecule has 0 radical (unpaired) electrons. The Morgan fingerprint density at radius 1 is 1.32 bits per heavy atom. The molecule has 0 saturated carbocycles. The Morgan fingerprint density at radius 3 is 2.64 bits per heavy atom. The highest BCUT2D eigenvalue weighted by atomic mass is 16.5. The highest BCUT2D eigenvalue weighted by Crippen LogP contribution is 2.36. The van der Waals surface area contributed by atoms with Crippen molar-refractivity contribution in [1.82, 2.24) is 15.1 Å². The number of amides is 1. The smallest absolute Gasteiger partial charge is 0.271 e. The van der Waals surface area contributed by atoms with Gasteiger partial charge in [0.25, 0.3) is 5.91 Å². The van der Waals surface area contributed by atoms with E-state index in [-0.39, 0.29) is 17.4 Å². The molecule has 136 valence electrons. The molecule has 0 unspecified atom stereocenters. The Kier molecular flexibility index (Phi) is 6.23. The van der Waals surface area contributed by atoms with Gasteiger partial charge in [0, 0.05) is 24.3 Å². The van der Waals surface area contributed by atoms with Crippen LogP contribution in [0.3, 0.4) is 0 Å². The van der Waals surface area contributed by atoms with Gasteiger partial charge in [0.05, 0.1) is 7.11 Å². The summed E-state index contributed by atoms with van der Waals surface area (Å²) >= 11 is 0. The molecule has 5 nitrogen and oxygen atoms in total.